The number of nitrogens with one attached hydrogen (secondary N) is 1. The number of hydrogen-bond donors (Lipinski definition) is 1. The predicted octanol–water partition coefficient (Wildman–Crippen LogP) is 2.03. The Bertz CT molecular complexity index is 417. The molecule has 1 heterocycles. The van der Waals surface area contributed by atoms with Gasteiger partial charge in [-0.3, -0.25) is 14.5 Å². The summed E-state index contributed by atoms with van der Waals surface area (Å²) in [6.07, 6.45) is 10.6. The molecule has 0 radical (unpaired) electrons. The van der Waals surface area contributed by atoms with Gasteiger partial charge in [-0.05, 0) is 25.2 Å². The third-order valence-electron chi connectivity index (χ3n) is 5.67. The molecule has 0 aromatic heterocycles. The molecule has 1 N–H and O–H groups in total. The van der Waals surface area contributed by atoms with Gasteiger partial charge < -0.3 is 15.0 Å². The van der Waals surface area contributed by atoms with Crippen LogP contribution in [0.15, 0.2) is 0 Å². The summed E-state index contributed by atoms with van der Waals surface area (Å²) in [5.74, 6) is 1.22. The van der Waals surface area contributed by atoms with Crippen LogP contribution in [0, 0.1) is 5.92 Å². The highest BCUT2D eigenvalue weighted by Gasteiger charge is 2.22. The molecule has 1 saturated heterocycles. The lowest BCUT2D eigenvalue weighted by Crippen LogP contribution is -2.51. The zero-order chi connectivity index (χ0) is 18.6. The van der Waals surface area contributed by atoms with E-state index in [1.54, 1.807) is 7.11 Å². The second-order valence-electron chi connectivity index (χ2n) is 7.75. The Kier molecular flexibility index (Phi) is 10.00. The molecule has 6 nitrogen and oxygen atoms in total. The summed E-state index contributed by atoms with van der Waals surface area (Å²) in [6, 6.07) is 0. The summed E-state index contributed by atoms with van der Waals surface area (Å²) in [4.78, 5) is 28.4. The fourth-order valence-electron chi connectivity index (χ4n) is 4.03. The molecule has 2 fully saturated rings. The van der Waals surface area contributed by atoms with Crippen LogP contribution in [0.2, 0.25) is 0 Å². The molecule has 0 unspecified atom stereocenters. The first-order chi connectivity index (χ1) is 12.7. The minimum atomic E-state index is 0.0633. The number of carbonyl (C=O) groups is 2. The Morgan fingerprint density at radius 2 is 1.77 bits per heavy atom. The van der Waals surface area contributed by atoms with E-state index < -0.39 is 0 Å². The summed E-state index contributed by atoms with van der Waals surface area (Å²) < 4.78 is 4.97. The molecule has 0 aromatic rings. The van der Waals surface area contributed by atoms with E-state index in [9.17, 15) is 9.59 Å². The van der Waals surface area contributed by atoms with Gasteiger partial charge in [-0.1, -0.05) is 32.1 Å². The molecule has 0 bridgehead atoms. The van der Waals surface area contributed by atoms with Crippen molar-refractivity contribution in [1.82, 2.24) is 15.1 Å². The van der Waals surface area contributed by atoms with Crippen molar-refractivity contribution < 1.29 is 14.3 Å². The number of hydrogen-bond acceptors (Lipinski definition) is 4. The van der Waals surface area contributed by atoms with Gasteiger partial charge in [-0.15, -0.1) is 0 Å². The molecule has 0 aromatic carbocycles. The topological polar surface area (TPSA) is 61.9 Å². The Morgan fingerprint density at radius 3 is 2.46 bits per heavy atom. The van der Waals surface area contributed by atoms with E-state index in [0.717, 1.165) is 44.9 Å². The lowest BCUT2D eigenvalue weighted by Gasteiger charge is -2.34. The summed E-state index contributed by atoms with van der Waals surface area (Å²) in [5.41, 5.74) is 0. The Morgan fingerprint density at radius 1 is 1.04 bits per heavy atom. The molecule has 2 rings (SSSR count). The van der Waals surface area contributed by atoms with Gasteiger partial charge in [0.2, 0.25) is 11.8 Å². The van der Waals surface area contributed by atoms with Crippen LogP contribution in [0.25, 0.3) is 0 Å². The lowest BCUT2D eigenvalue weighted by molar-refractivity contribution is -0.133. The standard InChI is InChI=1S/C20H37N3O3/c1-26-16-6-11-21-19(24)17-22-12-14-23(15-13-22)20(25)10-5-9-18-7-3-2-4-8-18/h18H,2-17H2,1H3,(H,21,24). The zero-order valence-corrected chi connectivity index (χ0v) is 16.5. The van der Waals surface area contributed by atoms with E-state index >= 15 is 0 Å². The second-order valence-corrected chi connectivity index (χ2v) is 7.75. The van der Waals surface area contributed by atoms with Crippen LogP contribution >= 0.6 is 0 Å². The molecule has 26 heavy (non-hydrogen) atoms. The van der Waals surface area contributed by atoms with Crippen molar-refractivity contribution in [2.24, 2.45) is 5.92 Å². The van der Waals surface area contributed by atoms with Crippen LogP contribution in [-0.2, 0) is 14.3 Å². The largest absolute Gasteiger partial charge is 0.385 e. The van der Waals surface area contributed by atoms with E-state index in [1.807, 2.05) is 4.90 Å². The van der Waals surface area contributed by atoms with Crippen LogP contribution < -0.4 is 5.32 Å². The van der Waals surface area contributed by atoms with Crippen molar-refractivity contribution in [3.8, 4) is 0 Å². The van der Waals surface area contributed by atoms with Crippen molar-refractivity contribution in [2.45, 2.75) is 57.8 Å². The highest BCUT2D eigenvalue weighted by atomic mass is 16.5. The van der Waals surface area contributed by atoms with Crippen LogP contribution in [0.3, 0.4) is 0 Å². The summed E-state index contributed by atoms with van der Waals surface area (Å²) in [5, 5.41) is 2.92. The first kappa shape index (κ1) is 21.2. The van der Waals surface area contributed by atoms with Gasteiger partial charge >= 0.3 is 0 Å². The number of piperazine rings is 1. The number of carbonyl (C=O) groups excluding carboxylic acids is 2. The first-order valence-corrected chi connectivity index (χ1v) is 10.4. The monoisotopic (exact) mass is 367 g/mol. The van der Waals surface area contributed by atoms with Gasteiger partial charge in [-0.25, -0.2) is 0 Å². The van der Waals surface area contributed by atoms with Gasteiger partial charge in [0.05, 0.1) is 6.54 Å². The number of methoxy groups -OCH3 is 1. The molecule has 6 heteroatoms. The first-order valence-electron chi connectivity index (χ1n) is 10.4. The van der Waals surface area contributed by atoms with E-state index in [4.69, 9.17) is 4.74 Å². The van der Waals surface area contributed by atoms with Gasteiger partial charge in [0.15, 0.2) is 0 Å². The third-order valence-corrected chi connectivity index (χ3v) is 5.67. The van der Waals surface area contributed by atoms with Gasteiger partial charge in [0.1, 0.15) is 0 Å². The van der Waals surface area contributed by atoms with Crippen LogP contribution in [0.4, 0.5) is 0 Å². The minimum Gasteiger partial charge on any atom is -0.385 e. The second kappa shape index (κ2) is 12.3. The number of ether oxygens (including phenoxy) is 1. The van der Waals surface area contributed by atoms with Crippen molar-refractivity contribution in [3.63, 3.8) is 0 Å². The fraction of sp³-hybridized carbons (Fsp3) is 0.900. The third kappa shape index (κ3) is 8.04. The molecular formula is C20H37N3O3. The SMILES string of the molecule is COCCCNC(=O)CN1CCN(C(=O)CCCC2CCCCC2)CC1. The molecule has 150 valence electrons. The van der Waals surface area contributed by atoms with Gasteiger partial charge in [0, 0.05) is 52.9 Å². The Balaban J connectivity index is 1.54. The highest BCUT2D eigenvalue weighted by molar-refractivity contribution is 5.78. The number of amides is 2. The maximum absolute atomic E-state index is 12.4. The molecular weight excluding hydrogens is 330 g/mol. The average Bonchev–Trinajstić information content (AvgIpc) is 2.66. The minimum absolute atomic E-state index is 0.0633. The van der Waals surface area contributed by atoms with Crippen LogP contribution in [-0.4, -0.2) is 74.6 Å². The quantitative estimate of drug-likeness (QED) is 0.600. The summed E-state index contributed by atoms with van der Waals surface area (Å²) >= 11 is 0. The fourth-order valence-corrected chi connectivity index (χ4v) is 4.03. The molecule has 2 amide bonds. The lowest BCUT2D eigenvalue weighted by atomic mass is 9.86. The highest BCUT2D eigenvalue weighted by Crippen LogP contribution is 2.27. The van der Waals surface area contributed by atoms with E-state index in [-0.39, 0.29) is 5.91 Å². The molecule has 1 saturated carbocycles. The van der Waals surface area contributed by atoms with Gasteiger partial charge in [0.25, 0.3) is 0 Å². The van der Waals surface area contributed by atoms with Crippen LogP contribution in [0.5, 0.6) is 0 Å². The van der Waals surface area contributed by atoms with E-state index in [1.165, 1.54) is 38.5 Å². The van der Waals surface area contributed by atoms with Crippen molar-refractivity contribution in [1.29, 1.82) is 0 Å². The number of nitrogens with zero attached hydrogens (tertiary/aromatic N) is 2. The van der Waals surface area contributed by atoms with E-state index in [2.05, 4.69) is 10.2 Å². The van der Waals surface area contributed by atoms with Crippen molar-refractivity contribution in [3.05, 3.63) is 0 Å². The molecule has 0 atom stereocenters. The molecule has 2 aliphatic rings. The molecule has 0 spiro atoms. The maximum atomic E-state index is 12.4. The predicted molar refractivity (Wildman–Crippen MR) is 103 cm³/mol. The Hall–Kier alpha value is -1.14. The van der Waals surface area contributed by atoms with Gasteiger partial charge in [-0.2, -0.15) is 0 Å². The summed E-state index contributed by atoms with van der Waals surface area (Å²) in [6.45, 7) is 4.84. The average molecular weight is 368 g/mol. The van der Waals surface area contributed by atoms with Crippen LogP contribution in [0.1, 0.15) is 57.8 Å². The molecule has 1 aliphatic carbocycles. The zero-order valence-electron chi connectivity index (χ0n) is 16.5. The molecule has 1 aliphatic heterocycles. The Labute approximate surface area is 158 Å². The number of rotatable bonds is 10. The van der Waals surface area contributed by atoms with Crippen molar-refractivity contribution >= 4 is 11.8 Å². The smallest absolute Gasteiger partial charge is 0.234 e. The van der Waals surface area contributed by atoms with Crippen molar-refractivity contribution in [2.75, 3.05) is 53.0 Å². The maximum Gasteiger partial charge on any atom is 0.234 e. The normalized spacial score (nSPS) is 19.5. The summed E-state index contributed by atoms with van der Waals surface area (Å²) in [7, 11) is 1.67. The van der Waals surface area contributed by atoms with E-state index in [0.29, 0.717) is 32.0 Å².